The van der Waals surface area contributed by atoms with Crippen LogP contribution in [-0.2, 0) is 0 Å². The van der Waals surface area contributed by atoms with Gasteiger partial charge in [-0.2, -0.15) is 0 Å². The van der Waals surface area contributed by atoms with E-state index in [2.05, 4.69) is 15.0 Å². The molecule has 0 atom stereocenters. The van der Waals surface area contributed by atoms with E-state index in [0.717, 1.165) is 0 Å². The van der Waals surface area contributed by atoms with E-state index in [1.807, 2.05) is 0 Å². The molecular weight excluding hydrogens is 293 g/mol. The molecule has 0 spiro atoms. The minimum absolute atomic E-state index is 0.244. The van der Waals surface area contributed by atoms with Gasteiger partial charge in [0.2, 0.25) is 0 Å². The third-order valence-electron chi connectivity index (χ3n) is 2.93. The van der Waals surface area contributed by atoms with Crippen molar-refractivity contribution in [2.24, 2.45) is 0 Å². The lowest BCUT2D eigenvalue weighted by Gasteiger charge is -2.00. The number of halogens is 2. The lowest BCUT2D eigenvalue weighted by atomic mass is 10.2. The van der Waals surface area contributed by atoms with Crippen LogP contribution in [0.25, 0.3) is 23.1 Å². The van der Waals surface area contributed by atoms with Gasteiger partial charge in [0.25, 0.3) is 5.56 Å². The number of benzene rings is 1. The summed E-state index contributed by atoms with van der Waals surface area (Å²) in [5.41, 5.74) is 0.440. The monoisotopic (exact) mass is 301 g/mol. The first-order chi connectivity index (χ1) is 10.1. The molecule has 0 radical (unpaired) electrons. The van der Waals surface area contributed by atoms with Crippen molar-refractivity contribution in [3.63, 3.8) is 0 Å². The molecule has 2 heterocycles. The first kappa shape index (κ1) is 13.5. The number of rotatable bonds is 2. The Morgan fingerprint density at radius 2 is 2.10 bits per heavy atom. The summed E-state index contributed by atoms with van der Waals surface area (Å²) < 4.78 is 13.6. The van der Waals surface area contributed by atoms with E-state index in [0.29, 0.717) is 16.7 Å². The summed E-state index contributed by atoms with van der Waals surface area (Å²) in [6.45, 7) is 0. The van der Waals surface area contributed by atoms with Crippen LogP contribution in [0, 0.1) is 5.82 Å². The highest BCUT2D eigenvalue weighted by molar-refractivity contribution is 6.32. The molecule has 3 aromatic rings. The average Bonchev–Trinajstić information content (AvgIpc) is 2.47. The van der Waals surface area contributed by atoms with Gasteiger partial charge in [0, 0.05) is 11.8 Å². The molecule has 0 unspecified atom stereocenters. The molecular formula is C15H9ClFN3O. The largest absolute Gasteiger partial charge is 0.306 e. The van der Waals surface area contributed by atoms with Gasteiger partial charge >= 0.3 is 0 Å². The summed E-state index contributed by atoms with van der Waals surface area (Å²) in [6.07, 6.45) is 5.99. The van der Waals surface area contributed by atoms with Crippen molar-refractivity contribution in [1.82, 2.24) is 15.0 Å². The highest BCUT2D eigenvalue weighted by Crippen LogP contribution is 2.21. The van der Waals surface area contributed by atoms with Crippen LogP contribution < -0.4 is 5.56 Å². The Hall–Kier alpha value is -2.53. The zero-order valence-electron chi connectivity index (χ0n) is 10.7. The summed E-state index contributed by atoms with van der Waals surface area (Å²) in [4.78, 5) is 22.7. The van der Waals surface area contributed by atoms with Gasteiger partial charge in [-0.1, -0.05) is 17.7 Å². The maximum Gasteiger partial charge on any atom is 0.259 e. The third-order valence-corrected chi connectivity index (χ3v) is 3.26. The lowest BCUT2D eigenvalue weighted by molar-refractivity contribution is 0.625. The molecule has 0 aliphatic rings. The van der Waals surface area contributed by atoms with Crippen LogP contribution in [-0.4, -0.2) is 15.0 Å². The molecule has 6 heteroatoms. The fraction of sp³-hybridized carbons (Fsp3) is 0. The molecule has 0 aliphatic heterocycles. The topological polar surface area (TPSA) is 58.6 Å². The minimum Gasteiger partial charge on any atom is -0.306 e. The van der Waals surface area contributed by atoms with Crippen molar-refractivity contribution in [3.05, 3.63) is 69.2 Å². The van der Waals surface area contributed by atoms with Gasteiger partial charge in [0.15, 0.2) is 0 Å². The van der Waals surface area contributed by atoms with Crippen molar-refractivity contribution >= 4 is 34.7 Å². The van der Waals surface area contributed by atoms with Crippen LogP contribution in [0.3, 0.4) is 0 Å². The molecule has 0 aliphatic carbocycles. The van der Waals surface area contributed by atoms with E-state index in [9.17, 15) is 9.18 Å². The van der Waals surface area contributed by atoms with Crippen LogP contribution in [0.15, 0.2) is 41.5 Å². The molecule has 4 nitrogen and oxygen atoms in total. The number of hydrogen-bond acceptors (Lipinski definition) is 3. The number of nitrogens with one attached hydrogen (secondary N) is 1. The second-order valence-corrected chi connectivity index (χ2v) is 4.72. The standard InChI is InChI=1S/C15H9ClFN3O/c16-11-2-1-3-12(17)9(11)4-5-14-19-13-8-18-7-6-10(13)15(21)20-14/h1-8H,(H,19,20,21)/b5-4+. The van der Waals surface area contributed by atoms with Crippen molar-refractivity contribution in [2.75, 3.05) is 0 Å². The lowest BCUT2D eigenvalue weighted by Crippen LogP contribution is -2.09. The maximum absolute atomic E-state index is 13.6. The minimum atomic E-state index is -0.441. The molecule has 0 bridgehead atoms. The van der Waals surface area contributed by atoms with E-state index in [-0.39, 0.29) is 16.1 Å². The Bertz CT molecular complexity index is 885. The quantitative estimate of drug-likeness (QED) is 0.790. The summed E-state index contributed by atoms with van der Waals surface area (Å²) in [6, 6.07) is 6.01. The summed E-state index contributed by atoms with van der Waals surface area (Å²) in [5, 5.41) is 0.738. The zero-order chi connectivity index (χ0) is 14.8. The van der Waals surface area contributed by atoms with E-state index in [1.54, 1.807) is 12.1 Å². The number of pyridine rings is 1. The number of aromatic amines is 1. The van der Waals surface area contributed by atoms with Crippen molar-refractivity contribution in [3.8, 4) is 0 Å². The van der Waals surface area contributed by atoms with E-state index in [4.69, 9.17) is 11.6 Å². The van der Waals surface area contributed by atoms with Gasteiger partial charge in [-0.3, -0.25) is 9.78 Å². The maximum atomic E-state index is 13.6. The molecule has 3 rings (SSSR count). The molecule has 0 saturated heterocycles. The summed E-state index contributed by atoms with van der Waals surface area (Å²) in [7, 11) is 0. The Labute approximate surface area is 123 Å². The van der Waals surface area contributed by atoms with Gasteiger partial charge in [-0.15, -0.1) is 0 Å². The number of aromatic nitrogens is 3. The van der Waals surface area contributed by atoms with Gasteiger partial charge in [-0.25, -0.2) is 9.37 Å². The van der Waals surface area contributed by atoms with E-state index < -0.39 is 5.82 Å². The third kappa shape index (κ3) is 2.68. The van der Waals surface area contributed by atoms with Crippen LogP contribution in [0.1, 0.15) is 11.4 Å². The van der Waals surface area contributed by atoms with Gasteiger partial charge in [-0.05, 0) is 30.4 Å². The predicted molar refractivity (Wildman–Crippen MR) is 80.5 cm³/mol. The molecule has 2 aromatic heterocycles. The second kappa shape index (κ2) is 5.46. The fourth-order valence-corrected chi connectivity index (χ4v) is 2.15. The van der Waals surface area contributed by atoms with Crippen LogP contribution in [0.2, 0.25) is 5.02 Å². The highest BCUT2D eigenvalue weighted by atomic mass is 35.5. The van der Waals surface area contributed by atoms with Crippen LogP contribution in [0.4, 0.5) is 4.39 Å². The SMILES string of the molecule is O=c1[nH]c(/C=C/c2c(F)cccc2Cl)nc2cnccc12. The van der Waals surface area contributed by atoms with Crippen LogP contribution in [0.5, 0.6) is 0 Å². The normalized spacial score (nSPS) is 11.3. The Balaban J connectivity index is 2.06. The molecule has 1 aromatic carbocycles. The Morgan fingerprint density at radius 1 is 1.24 bits per heavy atom. The Kier molecular flexibility index (Phi) is 3.50. The van der Waals surface area contributed by atoms with E-state index in [1.165, 1.54) is 36.7 Å². The molecule has 21 heavy (non-hydrogen) atoms. The van der Waals surface area contributed by atoms with Crippen molar-refractivity contribution in [1.29, 1.82) is 0 Å². The number of fused-ring (bicyclic) bond motifs is 1. The summed E-state index contributed by atoms with van der Waals surface area (Å²) in [5.74, 6) is -0.136. The molecule has 0 fully saturated rings. The smallest absolute Gasteiger partial charge is 0.259 e. The van der Waals surface area contributed by atoms with E-state index >= 15 is 0 Å². The zero-order valence-corrected chi connectivity index (χ0v) is 11.4. The van der Waals surface area contributed by atoms with Crippen molar-refractivity contribution in [2.45, 2.75) is 0 Å². The number of hydrogen-bond donors (Lipinski definition) is 1. The highest BCUT2D eigenvalue weighted by Gasteiger charge is 2.04. The van der Waals surface area contributed by atoms with Gasteiger partial charge < -0.3 is 4.98 Å². The van der Waals surface area contributed by atoms with Gasteiger partial charge in [0.1, 0.15) is 11.6 Å². The fourth-order valence-electron chi connectivity index (χ4n) is 1.92. The first-order valence-corrected chi connectivity index (χ1v) is 6.49. The second-order valence-electron chi connectivity index (χ2n) is 4.31. The molecule has 0 amide bonds. The number of H-pyrrole nitrogens is 1. The molecule has 1 N–H and O–H groups in total. The van der Waals surface area contributed by atoms with Crippen LogP contribution >= 0.6 is 11.6 Å². The molecule has 0 saturated carbocycles. The van der Waals surface area contributed by atoms with Crippen molar-refractivity contribution < 1.29 is 4.39 Å². The predicted octanol–water partition coefficient (Wildman–Crippen LogP) is 3.28. The van der Waals surface area contributed by atoms with Gasteiger partial charge in [0.05, 0.1) is 22.1 Å². The first-order valence-electron chi connectivity index (χ1n) is 6.11. The molecule has 104 valence electrons. The summed E-state index contributed by atoms with van der Waals surface area (Å²) >= 11 is 5.93. The average molecular weight is 302 g/mol. The Morgan fingerprint density at radius 3 is 2.90 bits per heavy atom. The number of nitrogens with zero attached hydrogens (tertiary/aromatic N) is 2.